The average Bonchev–Trinajstić information content (AvgIpc) is 3.65. The second-order valence-corrected chi connectivity index (χ2v) is 26.1. The number of quaternary nitrogens is 1. The number of nitrogens with zero attached hydrogens (tertiary/aromatic N) is 1. The molecule has 0 saturated carbocycles. The number of allylic oxidation sites excluding steroid dienone is 15. The Kier molecular flexibility index (Phi) is 60.7. The largest absolute Gasteiger partial charge is 0.472 e. The first kappa shape index (κ1) is 80.9. The van der Waals surface area contributed by atoms with E-state index in [4.69, 9.17) is 13.8 Å². The molecular formula is C74H134N2O7P+. The van der Waals surface area contributed by atoms with Crippen molar-refractivity contribution in [1.82, 2.24) is 5.32 Å². The van der Waals surface area contributed by atoms with Gasteiger partial charge in [-0.1, -0.05) is 279 Å². The molecule has 0 spiro atoms. The number of ether oxygens (including phenoxy) is 1. The van der Waals surface area contributed by atoms with Crippen molar-refractivity contribution in [3.8, 4) is 0 Å². The molecule has 0 aromatic carbocycles. The lowest BCUT2D eigenvalue weighted by molar-refractivity contribution is -0.870. The molecule has 0 aliphatic carbocycles. The Hall–Kier alpha value is -3.07. The summed E-state index contributed by atoms with van der Waals surface area (Å²) in [6.07, 6.45) is 85.5. The number of hydrogen-bond acceptors (Lipinski definition) is 6. The van der Waals surface area contributed by atoms with Crippen LogP contribution in [0.15, 0.2) is 97.2 Å². The lowest BCUT2D eigenvalue weighted by Crippen LogP contribution is -2.47. The smallest absolute Gasteiger partial charge is 0.456 e. The molecule has 0 aliphatic heterocycles. The molecule has 3 atom stereocenters. The molecule has 0 aromatic rings. The molecule has 0 radical (unpaired) electrons. The zero-order chi connectivity index (χ0) is 61.4. The van der Waals surface area contributed by atoms with Gasteiger partial charge in [0.1, 0.15) is 19.3 Å². The minimum atomic E-state index is -4.46. The van der Waals surface area contributed by atoms with Gasteiger partial charge in [0.15, 0.2) is 0 Å². The number of carbonyl (C=O) groups is 2. The van der Waals surface area contributed by atoms with E-state index in [1.165, 1.54) is 167 Å². The van der Waals surface area contributed by atoms with Crippen LogP contribution >= 0.6 is 7.82 Å². The number of phosphoric ester groups is 1. The quantitative estimate of drug-likeness (QED) is 0.0205. The summed E-state index contributed by atoms with van der Waals surface area (Å²) < 4.78 is 30.8. The number of hydrogen-bond donors (Lipinski definition) is 2. The fourth-order valence-corrected chi connectivity index (χ4v) is 10.5. The van der Waals surface area contributed by atoms with Gasteiger partial charge in [-0.3, -0.25) is 18.6 Å². The van der Waals surface area contributed by atoms with Crippen molar-refractivity contribution in [2.24, 2.45) is 0 Å². The fraction of sp³-hybridized carbons (Fsp3) is 0.757. The van der Waals surface area contributed by atoms with Crippen molar-refractivity contribution < 1.29 is 37.3 Å². The SMILES string of the molecule is CCCCC/C=C\C/C=C\C/C=C\C/C=C\CCCCCCCC(=O)OC(/C=C\CCCCCCCCCCCC)C(COP(=O)(O)OCC[N+](C)(C)C)NC(=O)CCCCCCCCCCCCCC/C=C\C/C=C\C/C=C\CCCCC. The van der Waals surface area contributed by atoms with Crippen LogP contribution in [0.1, 0.15) is 310 Å². The summed E-state index contributed by atoms with van der Waals surface area (Å²) in [7, 11) is 1.48. The lowest BCUT2D eigenvalue weighted by atomic mass is 10.0. The first-order valence-corrected chi connectivity index (χ1v) is 36.6. The van der Waals surface area contributed by atoms with Gasteiger partial charge in [-0.2, -0.15) is 0 Å². The summed E-state index contributed by atoms with van der Waals surface area (Å²) in [5, 5.41) is 3.06. The number of likely N-dealkylation sites (N-methyl/N-ethyl adjacent to an activating group) is 1. The minimum Gasteiger partial charge on any atom is -0.456 e. The predicted molar refractivity (Wildman–Crippen MR) is 364 cm³/mol. The summed E-state index contributed by atoms with van der Waals surface area (Å²) in [6, 6.07) is -0.863. The van der Waals surface area contributed by atoms with Gasteiger partial charge < -0.3 is 19.4 Å². The van der Waals surface area contributed by atoms with Gasteiger partial charge in [0, 0.05) is 12.8 Å². The number of carbonyl (C=O) groups excluding carboxylic acids is 2. The van der Waals surface area contributed by atoms with Crippen molar-refractivity contribution in [2.75, 3.05) is 40.9 Å². The highest BCUT2D eigenvalue weighted by Crippen LogP contribution is 2.43. The summed E-state index contributed by atoms with van der Waals surface area (Å²) in [5.41, 5.74) is 0. The van der Waals surface area contributed by atoms with Gasteiger partial charge in [0.25, 0.3) is 0 Å². The molecule has 0 bridgehead atoms. The van der Waals surface area contributed by atoms with Crippen molar-refractivity contribution in [1.29, 1.82) is 0 Å². The number of esters is 1. The van der Waals surface area contributed by atoms with Crippen molar-refractivity contribution >= 4 is 19.7 Å². The fourth-order valence-electron chi connectivity index (χ4n) is 9.81. The van der Waals surface area contributed by atoms with Crippen LogP contribution in [-0.2, 0) is 27.9 Å². The van der Waals surface area contributed by atoms with E-state index in [0.29, 0.717) is 23.9 Å². The summed E-state index contributed by atoms with van der Waals surface area (Å²) in [4.78, 5) is 37.9. The van der Waals surface area contributed by atoms with E-state index in [9.17, 15) is 19.0 Å². The molecule has 9 nitrogen and oxygen atoms in total. The molecular weight excluding hydrogens is 1060 g/mol. The van der Waals surface area contributed by atoms with Crippen molar-refractivity contribution in [3.05, 3.63) is 97.2 Å². The Balaban J connectivity index is 5.13. The molecule has 0 aliphatic rings. The monoisotopic (exact) mass is 1190 g/mol. The van der Waals surface area contributed by atoms with E-state index in [1.807, 2.05) is 33.3 Å². The highest BCUT2D eigenvalue weighted by Gasteiger charge is 2.30. The highest BCUT2D eigenvalue weighted by molar-refractivity contribution is 7.47. The minimum absolute atomic E-state index is 0.0329. The summed E-state index contributed by atoms with van der Waals surface area (Å²) >= 11 is 0. The average molecular weight is 1190 g/mol. The van der Waals surface area contributed by atoms with Gasteiger partial charge in [-0.05, 0) is 115 Å². The Bertz CT molecular complexity index is 1760. The Morgan fingerprint density at radius 1 is 0.417 bits per heavy atom. The van der Waals surface area contributed by atoms with E-state index in [2.05, 4.69) is 111 Å². The van der Waals surface area contributed by atoms with Crippen LogP contribution in [0.5, 0.6) is 0 Å². The highest BCUT2D eigenvalue weighted by atomic mass is 31.2. The van der Waals surface area contributed by atoms with E-state index in [1.54, 1.807) is 0 Å². The van der Waals surface area contributed by atoms with Crippen molar-refractivity contribution in [3.63, 3.8) is 0 Å². The normalized spacial score (nSPS) is 14.1. The van der Waals surface area contributed by atoms with Gasteiger partial charge in [-0.15, -0.1) is 0 Å². The Morgan fingerprint density at radius 2 is 0.726 bits per heavy atom. The standard InChI is InChI=1S/C74H133N2O7P/c1-7-10-13-16-19-22-25-28-30-32-34-36-37-38-39-41-42-44-46-48-51-54-57-60-63-66-73(77)75-71(70-82-84(79,80)81-69-68-76(4,5)6)72(65-62-59-56-53-50-27-24-21-18-15-12-9-3)83-74(78)67-64-61-58-55-52-49-47-45-43-40-35-33-31-29-26-23-20-17-14-11-8-2/h19-20,22-23,28-31,34-36,40,45,47,62,65,71-72H,7-18,21,24-27,32-33,37-39,41-44,46,48-61,63-64,66-70H2,1-6H3,(H-,75,77,79,80)/p+1/b22-19-,23-20-,30-28-,31-29-,36-34-,40-35-,47-45-,65-62-. The number of phosphoric acid groups is 1. The molecule has 84 heavy (non-hydrogen) atoms. The second kappa shape index (κ2) is 63.0. The van der Waals surface area contributed by atoms with Crippen LogP contribution in [0.3, 0.4) is 0 Å². The van der Waals surface area contributed by atoms with Crippen LogP contribution in [0.4, 0.5) is 0 Å². The molecule has 2 N–H and O–H groups in total. The molecule has 0 rings (SSSR count). The van der Waals surface area contributed by atoms with Crippen LogP contribution < -0.4 is 5.32 Å². The van der Waals surface area contributed by atoms with Gasteiger partial charge in [-0.25, -0.2) is 4.57 Å². The third kappa shape index (κ3) is 63.4. The molecule has 0 fully saturated rings. The van der Waals surface area contributed by atoms with Gasteiger partial charge >= 0.3 is 13.8 Å². The van der Waals surface area contributed by atoms with Crippen LogP contribution in [0.25, 0.3) is 0 Å². The van der Waals surface area contributed by atoms with Gasteiger partial charge in [0.2, 0.25) is 5.91 Å². The van der Waals surface area contributed by atoms with Gasteiger partial charge in [0.05, 0.1) is 33.8 Å². The maximum absolute atomic E-state index is 13.6. The topological polar surface area (TPSA) is 111 Å². The maximum Gasteiger partial charge on any atom is 0.472 e. The Labute approximate surface area is 519 Å². The molecule has 486 valence electrons. The summed E-state index contributed by atoms with van der Waals surface area (Å²) in [6.45, 7) is 6.96. The first-order valence-electron chi connectivity index (χ1n) is 35.1. The zero-order valence-electron chi connectivity index (χ0n) is 55.6. The first-order chi connectivity index (χ1) is 40.9. The molecule has 0 heterocycles. The third-order valence-corrected chi connectivity index (χ3v) is 16.2. The van der Waals surface area contributed by atoms with E-state index < -0.39 is 20.0 Å². The molecule has 10 heteroatoms. The second-order valence-electron chi connectivity index (χ2n) is 24.7. The number of rotatable bonds is 63. The number of unbranched alkanes of at least 4 members (excludes halogenated alkanes) is 33. The molecule has 0 saturated heterocycles. The van der Waals surface area contributed by atoms with E-state index in [0.717, 1.165) is 103 Å². The van der Waals surface area contributed by atoms with Crippen LogP contribution in [0.2, 0.25) is 0 Å². The molecule has 1 amide bonds. The third-order valence-electron chi connectivity index (χ3n) is 15.2. The zero-order valence-corrected chi connectivity index (χ0v) is 56.5. The van der Waals surface area contributed by atoms with E-state index >= 15 is 0 Å². The lowest BCUT2D eigenvalue weighted by Gasteiger charge is -2.27. The van der Waals surface area contributed by atoms with E-state index in [-0.39, 0.29) is 31.5 Å². The maximum atomic E-state index is 13.6. The van der Waals surface area contributed by atoms with Crippen LogP contribution in [0, 0.1) is 0 Å². The molecule has 0 aromatic heterocycles. The van der Waals surface area contributed by atoms with Crippen LogP contribution in [-0.4, -0.2) is 74.3 Å². The Morgan fingerprint density at radius 3 is 1.11 bits per heavy atom. The van der Waals surface area contributed by atoms with Crippen molar-refractivity contribution in [2.45, 2.75) is 322 Å². The summed E-state index contributed by atoms with van der Waals surface area (Å²) in [5.74, 6) is -0.525. The predicted octanol–water partition coefficient (Wildman–Crippen LogP) is 22.3. The number of nitrogens with one attached hydrogen (secondary N) is 1. The number of amides is 1. The molecule has 3 unspecified atom stereocenters.